The molecule has 5 unspecified atom stereocenters. The van der Waals surface area contributed by atoms with E-state index in [4.69, 9.17) is 37.0 Å². The van der Waals surface area contributed by atoms with Crippen molar-refractivity contribution < 1.29 is 80.2 Å². The second-order valence-corrected chi connectivity index (χ2v) is 28.8. The quantitative estimate of drug-likeness (QED) is 0.0169. The zero-order chi connectivity index (χ0) is 74.6. The number of hydrogen-bond donors (Lipinski definition) is 3. The number of ether oxygens (including phenoxy) is 4. The van der Waals surface area contributed by atoms with Crippen LogP contribution < -0.4 is 0 Å². The van der Waals surface area contributed by atoms with E-state index >= 15 is 0 Å². The number of esters is 4. The lowest BCUT2D eigenvalue weighted by molar-refractivity contribution is -0.161. The van der Waals surface area contributed by atoms with Crippen LogP contribution in [0.4, 0.5) is 0 Å². The van der Waals surface area contributed by atoms with E-state index in [1.165, 1.54) is 70.6 Å². The highest BCUT2D eigenvalue weighted by molar-refractivity contribution is 7.47. The molecule has 0 rings (SSSR count). The second-order valence-electron chi connectivity index (χ2n) is 25.9. The molecule has 0 aromatic rings. The minimum absolute atomic E-state index is 0.0303. The maximum absolute atomic E-state index is 13.1. The maximum atomic E-state index is 13.1. The number of carbonyl (C=O) groups is 4. The van der Waals surface area contributed by atoms with Crippen LogP contribution in [0.25, 0.3) is 0 Å². The zero-order valence-corrected chi connectivity index (χ0v) is 65.5. The summed E-state index contributed by atoms with van der Waals surface area (Å²) in [6.45, 7) is 4.52. The number of allylic oxidation sites excluding steroid dienone is 22. The molecule has 0 saturated heterocycles. The van der Waals surface area contributed by atoms with Gasteiger partial charge >= 0.3 is 39.5 Å². The number of aliphatic hydroxyl groups is 1. The highest BCUT2D eigenvalue weighted by Gasteiger charge is 2.30. The number of aliphatic hydroxyl groups excluding tert-OH is 1. The molecule has 0 spiro atoms. The van der Waals surface area contributed by atoms with Gasteiger partial charge in [-0.05, 0) is 141 Å². The molecule has 0 aromatic carbocycles. The normalized spacial score (nSPS) is 14.6. The van der Waals surface area contributed by atoms with Crippen LogP contribution in [0, 0.1) is 0 Å². The smallest absolute Gasteiger partial charge is 0.462 e. The Morgan fingerprint density at radius 2 is 0.510 bits per heavy atom. The number of hydrogen-bond acceptors (Lipinski definition) is 15. The van der Waals surface area contributed by atoms with Gasteiger partial charge in [0.15, 0.2) is 12.2 Å². The molecule has 0 heterocycles. The summed E-state index contributed by atoms with van der Waals surface area (Å²) in [6, 6.07) is 0. The number of carbonyl (C=O) groups excluding carboxylic acids is 4. The monoisotopic (exact) mass is 1470 g/mol. The standard InChI is InChI=1S/C83H140O17P2/c1-5-9-13-17-21-25-29-33-36-37-38-39-42-45-48-52-56-60-64-68-81(86)94-73-78(99-82(87)69-65-61-57-53-49-43-32-28-24-20-16-12-8-4)75-97-101(89,90)95-71-77(84)72-96-102(91,92)98-76-79(100-83(88)70-66-62-58-54-50-46-41-35-31-27-23-19-15-11-7-3)74-93-80(85)67-63-59-55-51-47-44-40-34-30-26-22-18-14-10-6-2/h10-11,14-15,21-23,25-27,33-36,38-41,47,50-51,54,77-79,84H,5-9,12-13,16-20,24,28-32,37,42-46,48-49,52-53,55-76H2,1-4H3,(H,89,90)(H,91,92)/b14-10-,15-11-,25-21-,26-22-,27-23-,36-33-,39-38-,40-34-,41-35-,51-47-,54-50-. The van der Waals surface area contributed by atoms with Crippen LogP contribution in [0.5, 0.6) is 0 Å². The van der Waals surface area contributed by atoms with Gasteiger partial charge in [0, 0.05) is 25.7 Å². The van der Waals surface area contributed by atoms with Gasteiger partial charge in [0.25, 0.3) is 0 Å². The van der Waals surface area contributed by atoms with Crippen molar-refractivity contribution in [2.45, 2.75) is 329 Å². The van der Waals surface area contributed by atoms with Gasteiger partial charge in [-0.1, -0.05) is 277 Å². The van der Waals surface area contributed by atoms with E-state index in [2.05, 4.69) is 161 Å². The summed E-state index contributed by atoms with van der Waals surface area (Å²) in [7, 11) is -9.98. The third-order valence-corrected chi connectivity index (χ3v) is 18.0. The lowest BCUT2D eigenvalue weighted by Gasteiger charge is -2.21. The van der Waals surface area contributed by atoms with Crippen molar-refractivity contribution in [2.24, 2.45) is 0 Å². The minimum atomic E-state index is -5.00. The van der Waals surface area contributed by atoms with Gasteiger partial charge in [-0.15, -0.1) is 0 Å². The molecule has 0 bridgehead atoms. The van der Waals surface area contributed by atoms with Crippen molar-refractivity contribution in [3.8, 4) is 0 Å². The molecule has 0 aliphatic heterocycles. The first kappa shape index (κ1) is 97.2. The summed E-state index contributed by atoms with van der Waals surface area (Å²) in [5, 5.41) is 10.6. The van der Waals surface area contributed by atoms with Gasteiger partial charge in [0.1, 0.15) is 19.3 Å². The summed E-state index contributed by atoms with van der Waals surface area (Å²) in [6.07, 6.45) is 83.0. The van der Waals surface area contributed by atoms with Crippen molar-refractivity contribution in [3.05, 3.63) is 134 Å². The van der Waals surface area contributed by atoms with Crippen molar-refractivity contribution in [1.82, 2.24) is 0 Å². The summed E-state index contributed by atoms with van der Waals surface area (Å²) in [5.41, 5.74) is 0. The molecule has 19 heteroatoms. The van der Waals surface area contributed by atoms with Gasteiger partial charge in [0.2, 0.25) is 0 Å². The predicted octanol–water partition coefficient (Wildman–Crippen LogP) is 22.9. The van der Waals surface area contributed by atoms with E-state index in [0.29, 0.717) is 32.1 Å². The molecule has 102 heavy (non-hydrogen) atoms. The Bertz CT molecular complexity index is 2460. The fourth-order valence-corrected chi connectivity index (χ4v) is 11.7. The lowest BCUT2D eigenvalue weighted by Crippen LogP contribution is -2.30. The van der Waals surface area contributed by atoms with Gasteiger partial charge in [-0.3, -0.25) is 37.3 Å². The predicted molar refractivity (Wildman–Crippen MR) is 418 cm³/mol. The van der Waals surface area contributed by atoms with Gasteiger partial charge in [0.05, 0.1) is 26.4 Å². The van der Waals surface area contributed by atoms with Crippen molar-refractivity contribution in [2.75, 3.05) is 39.6 Å². The first-order valence-electron chi connectivity index (χ1n) is 39.4. The Morgan fingerprint density at radius 3 is 0.824 bits per heavy atom. The highest BCUT2D eigenvalue weighted by atomic mass is 31.2. The topological polar surface area (TPSA) is 237 Å². The number of phosphoric ester groups is 2. The molecule has 0 amide bonds. The fourth-order valence-electron chi connectivity index (χ4n) is 10.1. The SMILES string of the molecule is CC/C=C\C/C=C\C/C=C\C/C=C\CCCCC(=O)OCC(COP(=O)(O)OCC(O)COP(=O)(O)OCC(COC(=O)CCCCCCCC/C=C\C/C=C\C/C=C\CCCCC)OC(=O)CCCCCCCCCCCCCCC)OC(=O)CCCC/C=C\C/C=C\C/C=C\C/C=C\CC. The Morgan fingerprint density at radius 1 is 0.284 bits per heavy atom. The summed E-state index contributed by atoms with van der Waals surface area (Å²) in [4.78, 5) is 72.9. The number of phosphoric acid groups is 2. The minimum Gasteiger partial charge on any atom is -0.462 e. The van der Waals surface area contributed by atoms with E-state index in [1.54, 1.807) is 0 Å². The first-order chi connectivity index (χ1) is 49.7. The van der Waals surface area contributed by atoms with Crippen LogP contribution in [0.2, 0.25) is 0 Å². The van der Waals surface area contributed by atoms with E-state index in [9.17, 15) is 43.2 Å². The van der Waals surface area contributed by atoms with Gasteiger partial charge in [-0.25, -0.2) is 9.13 Å². The summed E-state index contributed by atoms with van der Waals surface area (Å²) < 4.78 is 68.5. The van der Waals surface area contributed by atoms with Crippen molar-refractivity contribution in [3.63, 3.8) is 0 Å². The molecular formula is C83H140O17P2. The summed E-state index contributed by atoms with van der Waals surface area (Å²) >= 11 is 0. The van der Waals surface area contributed by atoms with Crippen LogP contribution in [-0.2, 0) is 65.4 Å². The van der Waals surface area contributed by atoms with Gasteiger partial charge in [-0.2, -0.15) is 0 Å². The molecule has 0 aliphatic rings. The van der Waals surface area contributed by atoms with E-state index in [0.717, 1.165) is 154 Å². The molecule has 0 fully saturated rings. The molecule has 0 radical (unpaired) electrons. The molecule has 5 atom stereocenters. The first-order valence-corrected chi connectivity index (χ1v) is 42.4. The molecular weight excluding hydrogens is 1330 g/mol. The van der Waals surface area contributed by atoms with E-state index in [-0.39, 0.29) is 25.7 Å². The Kier molecular flexibility index (Phi) is 71.0. The second kappa shape index (κ2) is 74.5. The Balaban J connectivity index is 5.41. The van der Waals surface area contributed by atoms with Gasteiger partial charge < -0.3 is 33.8 Å². The van der Waals surface area contributed by atoms with E-state index in [1.807, 2.05) is 0 Å². The van der Waals surface area contributed by atoms with Crippen LogP contribution in [0.15, 0.2) is 134 Å². The maximum Gasteiger partial charge on any atom is 0.472 e. The Labute approximate surface area is 618 Å². The van der Waals surface area contributed by atoms with E-state index < -0.39 is 97.5 Å². The van der Waals surface area contributed by atoms with Crippen LogP contribution in [0.3, 0.4) is 0 Å². The Hall–Kier alpha value is -4.80. The molecule has 0 saturated carbocycles. The average molecular weight is 1470 g/mol. The van der Waals surface area contributed by atoms with Crippen LogP contribution >= 0.6 is 15.6 Å². The lowest BCUT2D eigenvalue weighted by atomic mass is 10.0. The van der Waals surface area contributed by atoms with Crippen molar-refractivity contribution in [1.29, 1.82) is 0 Å². The largest absolute Gasteiger partial charge is 0.472 e. The number of rotatable bonds is 73. The third kappa shape index (κ3) is 73.5. The molecule has 0 aliphatic carbocycles. The highest BCUT2D eigenvalue weighted by Crippen LogP contribution is 2.45. The van der Waals surface area contributed by atoms with Crippen LogP contribution in [0.1, 0.15) is 310 Å². The fraction of sp³-hybridized carbons (Fsp3) is 0.687. The zero-order valence-electron chi connectivity index (χ0n) is 63.7. The van der Waals surface area contributed by atoms with Crippen molar-refractivity contribution >= 4 is 39.5 Å². The van der Waals surface area contributed by atoms with Crippen LogP contribution in [-0.4, -0.2) is 96.7 Å². The molecule has 3 N–H and O–H groups in total. The molecule has 0 aromatic heterocycles. The third-order valence-electron chi connectivity index (χ3n) is 16.1. The molecule has 584 valence electrons. The number of unbranched alkanes of at least 4 members (excludes halogenated alkanes) is 25. The summed E-state index contributed by atoms with van der Waals surface area (Å²) in [5.74, 6) is -2.28. The molecule has 17 nitrogen and oxygen atoms in total. The average Bonchev–Trinajstić information content (AvgIpc) is 0.919.